The van der Waals surface area contributed by atoms with Crippen molar-refractivity contribution < 1.29 is 4.79 Å². The summed E-state index contributed by atoms with van der Waals surface area (Å²) in [6.45, 7) is 2.03. The van der Waals surface area contributed by atoms with Crippen LogP contribution < -0.4 is 11.1 Å². The summed E-state index contributed by atoms with van der Waals surface area (Å²) < 4.78 is 0.981. The molecule has 0 saturated heterocycles. The van der Waals surface area contributed by atoms with Gasteiger partial charge in [-0.2, -0.15) is 0 Å². The second kappa shape index (κ2) is 6.29. The SMILES string of the molecule is CCc1cc(Br)ccc1NC(=O)c1cc(Cl)ccc1N. The molecule has 104 valence electrons. The first-order valence-corrected chi connectivity index (χ1v) is 7.33. The van der Waals surface area contributed by atoms with Gasteiger partial charge in [0, 0.05) is 20.9 Å². The van der Waals surface area contributed by atoms with Crippen molar-refractivity contribution in [2.75, 3.05) is 11.1 Å². The van der Waals surface area contributed by atoms with Gasteiger partial charge in [0.25, 0.3) is 5.91 Å². The molecule has 0 saturated carbocycles. The zero-order valence-electron chi connectivity index (χ0n) is 10.9. The van der Waals surface area contributed by atoms with Crippen LogP contribution in [0.2, 0.25) is 5.02 Å². The minimum atomic E-state index is -0.262. The van der Waals surface area contributed by atoms with Crippen LogP contribution in [0.25, 0.3) is 0 Å². The predicted octanol–water partition coefficient (Wildman–Crippen LogP) is 4.50. The van der Waals surface area contributed by atoms with E-state index in [1.54, 1.807) is 18.2 Å². The Labute approximate surface area is 131 Å². The quantitative estimate of drug-likeness (QED) is 0.798. The summed E-state index contributed by atoms with van der Waals surface area (Å²) in [6.07, 6.45) is 0.820. The number of carbonyl (C=O) groups excluding carboxylic acids is 1. The molecule has 3 nitrogen and oxygen atoms in total. The van der Waals surface area contributed by atoms with Crippen LogP contribution in [0.3, 0.4) is 0 Å². The van der Waals surface area contributed by atoms with Gasteiger partial charge in [-0.1, -0.05) is 34.5 Å². The van der Waals surface area contributed by atoms with Crippen LogP contribution >= 0.6 is 27.5 Å². The maximum absolute atomic E-state index is 12.3. The molecule has 5 heteroatoms. The van der Waals surface area contributed by atoms with Crippen molar-refractivity contribution in [2.24, 2.45) is 0 Å². The lowest BCUT2D eigenvalue weighted by Crippen LogP contribution is -2.15. The molecule has 0 atom stereocenters. The van der Waals surface area contributed by atoms with Crippen LogP contribution in [0, 0.1) is 0 Å². The first-order chi connectivity index (χ1) is 9.51. The van der Waals surface area contributed by atoms with Crippen LogP contribution in [0.4, 0.5) is 11.4 Å². The third-order valence-electron chi connectivity index (χ3n) is 2.96. The minimum absolute atomic E-state index is 0.262. The largest absolute Gasteiger partial charge is 0.398 e. The maximum Gasteiger partial charge on any atom is 0.257 e. The average Bonchev–Trinajstić information content (AvgIpc) is 2.43. The number of nitrogens with two attached hydrogens (primary N) is 1. The molecule has 0 fully saturated rings. The van der Waals surface area contributed by atoms with E-state index in [1.807, 2.05) is 25.1 Å². The van der Waals surface area contributed by atoms with Crippen LogP contribution in [-0.4, -0.2) is 5.91 Å². The standard InChI is InChI=1S/C15H14BrClN2O/c1-2-9-7-10(16)3-6-14(9)19-15(20)12-8-11(17)4-5-13(12)18/h3-8H,2,18H2,1H3,(H,19,20). The lowest BCUT2D eigenvalue weighted by atomic mass is 10.1. The normalized spacial score (nSPS) is 10.3. The van der Waals surface area contributed by atoms with E-state index < -0.39 is 0 Å². The molecule has 0 aliphatic rings. The van der Waals surface area contributed by atoms with E-state index in [0.717, 1.165) is 22.1 Å². The van der Waals surface area contributed by atoms with Crippen molar-refractivity contribution in [3.8, 4) is 0 Å². The monoisotopic (exact) mass is 352 g/mol. The second-order valence-electron chi connectivity index (χ2n) is 4.34. The lowest BCUT2D eigenvalue weighted by Gasteiger charge is -2.12. The fourth-order valence-corrected chi connectivity index (χ4v) is 2.47. The molecule has 0 radical (unpaired) electrons. The Morgan fingerprint density at radius 1 is 1.30 bits per heavy atom. The van der Waals surface area contributed by atoms with E-state index in [2.05, 4.69) is 21.2 Å². The third kappa shape index (κ3) is 3.32. The van der Waals surface area contributed by atoms with Gasteiger partial charge in [-0.25, -0.2) is 0 Å². The Morgan fingerprint density at radius 3 is 2.75 bits per heavy atom. The second-order valence-corrected chi connectivity index (χ2v) is 5.69. The number of anilines is 2. The van der Waals surface area contributed by atoms with Crippen LogP contribution in [0.15, 0.2) is 40.9 Å². The highest BCUT2D eigenvalue weighted by atomic mass is 79.9. The molecule has 2 aromatic rings. The predicted molar refractivity (Wildman–Crippen MR) is 87.3 cm³/mol. The maximum atomic E-state index is 12.3. The zero-order valence-corrected chi connectivity index (χ0v) is 13.3. The number of aryl methyl sites for hydroxylation is 1. The van der Waals surface area contributed by atoms with E-state index in [1.165, 1.54) is 0 Å². The van der Waals surface area contributed by atoms with Gasteiger partial charge in [-0.3, -0.25) is 4.79 Å². The lowest BCUT2D eigenvalue weighted by molar-refractivity contribution is 0.102. The van der Waals surface area contributed by atoms with Gasteiger partial charge < -0.3 is 11.1 Å². The first-order valence-electron chi connectivity index (χ1n) is 6.16. The van der Waals surface area contributed by atoms with Crippen molar-refractivity contribution in [1.82, 2.24) is 0 Å². The summed E-state index contributed by atoms with van der Waals surface area (Å²) in [5.74, 6) is -0.262. The Morgan fingerprint density at radius 2 is 2.05 bits per heavy atom. The van der Waals surface area contributed by atoms with Crippen molar-refractivity contribution in [3.05, 3.63) is 57.0 Å². The fraction of sp³-hybridized carbons (Fsp3) is 0.133. The molecule has 3 N–H and O–H groups in total. The number of hydrogen-bond acceptors (Lipinski definition) is 2. The zero-order chi connectivity index (χ0) is 14.7. The highest BCUT2D eigenvalue weighted by Gasteiger charge is 2.12. The Bertz CT molecular complexity index is 658. The molecule has 0 heterocycles. The van der Waals surface area contributed by atoms with Crippen molar-refractivity contribution in [3.63, 3.8) is 0 Å². The molecule has 0 unspecified atom stereocenters. The van der Waals surface area contributed by atoms with E-state index in [4.69, 9.17) is 17.3 Å². The van der Waals surface area contributed by atoms with Gasteiger partial charge in [0.2, 0.25) is 0 Å². The van der Waals surface area contributed by atoms with E-state index >= 15 is 0 Å². The van der Waals surface area contributed by atoms with E-state index in [0.29, 0.717) is 16.3 Å². The number of carbonyl (C=O) groups is 1. The number of benzene rings is 2. The fourth-order valence-electron chi connectivity index (χ4n) is 1.89. The summed E-state index contributed by atoms with van der Waals surface area (Å²) in [7, 11) is 0. The molecule has 2 rings (SSSR count). The minimum Gasteiger partial charge on any atom is -0.398 e. The van der Waals surface area contributed by atoms with Crippen molar-refractivity contribution in [2.45, 2.75) is 13.3 Å². The molecule has 1 amide bonds. The molecular formula is C15H14BrClN2O. The Hall–Kier alpha value is -1.52. The highest BCUT2D eigenvalue weighted by Crippen LogP contribution is 2.24. The number of nitrogens with one attached hydrogen (secondary N) is 1. The highest BCUT2D eigenvalue weighted by molar-refractivity contribution is 9.10. The van der Waals surface area contributed by atoms with Crippen molar-refractivity contribution in [1.29, 1.82) is 0 Å². The van der Waals surface area contributed by atoms with Gasteiger partial charge >= 0.3 is 0 Å². The molecule has 2 aromatic carbocycles. The Balaban J connectivity index is 2.30. The van der Waals surface area contributed by atoms with Gasteiger partial charge in [0.1, 0.15) is 0 Å². The molecule has 0 aliphatic carbocycles. The summed E-state index contributed by atoms with van der Waals surface area (Å²) in [6, 6.07) is 10.6. The first kappa shape index (κ1) is 14.9. The molecule has 0 spiro atoms. The van der Waals surface area contributed by atoms with E-state index in [-0.39, 0.29) is 5.91 Å². The van der Waals surface area contributed by atoms with E-state index in [9.17, 15) is 4.79 Å². The summed E-state index contributed by atoms with van der Waals surface area (Å²) in [4.78, 5) is 12.3. The topological polar surface area (TPSA) is 55.1 Å². The van der Waals surface area contributed by atoms with Crippen LogP contribution in [-0.2, 0) is 6.42 Å². The smallest absolute Gasteiger partial charge is 0.257 e. The summed E-state index contributed by atoms with van der Waals surface area (Å²) in [5.41, 5.74) is 8.42. The summed E-state index contributed by atoms with van der Waals surface area (Å²) >= 11 is 9.32. The number of amides is 1. The van der Waals surface area contributed by atoms with Gasteiger partial charge in [-0.15, -0.1) is 0 Å². The van der Waals surface area contributed by atoms with Crippen LogP contribution in [0.5, 0.6) is 0 Å². The summed E-state index contributed by atoms with van der Waals surface area (Å²) in [5, 5.41) is 3.36. The molecule has 0 bridgehead atoms. The average molecular weight is 354 g/mol. The number of hydrogen-bond donors (Lipinski definition) is 2. The number of rotatable bonds is 3. The Kier molecular flexibility index (Phi) is 4.68. The third-order valence-corrected chi connectivity index (χ3v) is 3.68. The number of nitrogen functional groups attached to an aromatic ring is 1. The molecular weight excluding hydrogens is 340 g/mol. The van der Waals surface area contributed by atoms with Crippen LogP contribution in [0.1, 0.15) is 22.8 Å². The van der Waals surface area contributed by atoms with Gasteiger partial charge in [0.15, 0.2) is 0 Å². The van der Waals surface area contributed by atoms with Crippen molar-refractivity contribution >= 4 is 44.8 Å². The molecule has 0 aromatic heterocycles. The molecule has 20 heavy (non-hydrogen) atoms. The number of halogens is 2. The van der Waals surface area contributed by atoms with Gasteiger partial charge in [-0.05, 0) is 48.4 Å². The molecule has 0 aliphatic heterocycles. The van der Waals surface area contributed by atoms with Gasteiger partial charge in [0.05, 0.1) is 5.56 Å².